The van der Waals surface area contributed by atoms with Crippen molar-refractivity contribution in [3.8, 4) is 5.69 Å². The normalized spacial score (nSPS) is 11.1. The number of aromatic nitrogens is 2. The molecule has 1 aromatic heterocycles. The fourth-order valence-electron chi connectivity index (χ4n) is 2.67. The van der Waals surface area contributed by atoms with E-state index in [0.29, 0.717) is 21.6 Å². The highest BCUT2D eigenvalue weighted by Crippen LogP contribution is 2.20. The molecule has 0 aliphatic heterocycles. The molecule has 3 aromatic rings. The number of halogens is 1. The van der Waals surface area contributed by atoms with E-state index >= 15 is 0 Å². The molecule has 5 heteroatoms. The molecule has 2 aromatic carbocycles. The summed E-state index contributed by atoms with van der Waals surface area (Å²) in [5.41, 5.74) is 2.24. The lowest BCUT2D eigenvalue weighted by Gasteiger charge is -2.14. The smallest absolute Gasteiger partial charge is 0.294 e. The summed E-state index contributed by atoms with van der Waals surface area (Å²) in [5.74, 6) is 0. The maximum Gasteiger partial charge on any atom is 0.335 e. The van der Waals surface area contributed by atoms with Gasteiger partial charge in [0, 0.05) is 7.05 Å². The Morgan fingerprint density at radius 2 is 1.68 bits per heavy atom. The van der Waals surface area contributed by atoms with Crippen LogP contribution in [-0.2, 0) is 7.05 Å². The van der Waals surface area contributed by atoms with E-state index in [2.05, 4.69) is 0 Å². The zero-order valence-electron chi connectivity index (χ0n) is 12.6. The molecule has 3 rings (SSSR count). The Balaban J connectivity index is 2.55. The third-order valence-electron chi connectivity index (χ3n) is 4.05. The maximum atomic E-state index is 12.8. The second-order valence-corrected chi connectivity index (χ2v) is 5.74. The van der Waals surface area contributed by atoms with Gasteiger partial charge in [0.05, 0.1) is 21.6 Å². The lowest BCUT2D eigenvalue weighted by molar-refractivity contribution is 0.770. The van der Waals surface area contributed by atoms with E-state index in [1.807, 2.05) is 26.0 Å². The minimum absolute atomic E-state index is 0.352. The van der Waals surface area contributed by atoms with E-state index in [4.69, 9.17) is 11.6 Å². The van der Waals surface area contributed by atoms with Gasteiger partial charge in [-0.1, -0.05) is 29.8 Å². The SMILES string of the molecule is Cc1cccc(-n2c(=O)c3cccc(Cl)c3n(C)c2=O)c1C. The van der Waals surface area contributed by atoms with Crippen molar-refractivity contribution >= 4 is 22.5 Å². The largest absolute Gasteiger partial charge is 0.335 e. The molecule has 0 N–H and O–H groups in total. The van der Waals surface area contributed by atoms with Crippen LogP contribution in [0.2, 0.25) is 5.02 Å². The average Bonchev–Trinajstić information content (AvgIpc) is 2.49. The standard InChI is InChI=1S/C17H15ClN2O2/c1-10-6-4-9-14(11(10)2)20-16(21)12-7-5-8-13(18)15(12)19(3)17(20)22/h4-9H,1-3H3. The molecule has 112 valence electrons. The maximum absolute atomic E-state index is 12.8. The van der Waals surface area contributed by atoms with E-state index in [0.717, 1.165) is 11.1 Å². The molecule has 1 heterocycles. The van der Waals surface area contributed by atoms with Crippen LogP contribution in [0.1, 0.15) is 11.1 Å². The van der Waals surface area contributed by atoms with Crippen molar-refractivity contribution in [3.05, 3.63) is 73.4 Å². The van der Waals surface area contributed by atoms with E-state index in [-0.39, 0.29) is 5.56 Å². The number of nitrogens with zero attached hydrogens (tertiary/aromatic N) is 2. The van der Waals surface area contributed by atoms with Gasteiger partial charge in [0.25, 0.3) is 5.56 Å². The van der Waals surface area contributed by atoms with Gasteiger partial charge in [-0.3, -0.25) is 9.36 Å². The van der Waals surface area contributed by atoms with Gasteiger partial charge in [-0.25, -0.2) is 9.36 Å². The second-order valence-electron chi connectivity index (χ2n) is 5.34. The zero-order chi connectivity index (χ0) is 16.0. The van der Waals surface area contributed by atoms with E-state index < -0.39 is 5.69 Å². The molecular formula is C17H15ClN2O2. The number of para-hydroxylation sites is 1. The number of benzene rings is 2. The van der Waals surface area contributed by atoms with Crippen LogP contribution in [0.25, 0.3) is 16.6 Å². The lowest BCUT2D eigenvalue weighted by atomic mass is 10.1. The van der Waals surface area contributed by atoms with Crippen LogP contribution < -0.4 is 11.2 Å². The van der Waals surface area contributed by atoms with Crippen molar-refractivity contribution in [3.63, 3.8) is 0 Å². The quantitative estimate of drug-likeness (QED) is 0.693. The van der Waals surface area contributed by atoms with E-state index in [9.17, 15) is 9.59 Å². The Morgan fingerprint density at radius 1 is 1.00 bits per heavy atom. The van der Waals surface area contributed by atoms with Gasteiger partial charge in [0.2, 0.25) is 0 Å². The van der Waals surface area contributed by atoms with Crippen LogP contribution in [0, 0.1) is 13.8 Å². The number of hydrogen-bond acceptors (Lipinski definition) is 2. The molecule has 0 atom stereocenters. The first kappa shape index (κ1) is 14.6. The monoisotopic (exact) mass is 314 g/mol. The van der Waals surface area contributed by atoms with Crippen molar-refractivity contribution in [2.75, 3.05) is 0 Å². The van der Waals surface area contributed by atoms with Gasteiger partial charge < -0.3 is 0 Å². The summed E-state index contributed by atoms with van der Waals surface area (Å²) in [6, 6.07) is 10.6. The predicted octanol–water partition coefficient (Wildman–Crippen LogP) is 2.96. The Bertz CT molecular complexity index is 1020. The van der Waals surface area contributed by atoms with Crippen molar-refractivity contribution in [1.29, 1.82) is 0 Å². The van der Waals surface area contributed by atoms with Crippen LogP contribution in [0.15, 0.2) is 46.0 Å². The molecule has 0 amide bonds. The highest BCUT2D eigenvalue weighted by atomic mass is 35.5. The van der Waals surface area contributed by atoms with Gasteiger partial charge >= 0.3 is 5.69 Å². The molecule has 0 saturated heterocycles. The van der Waals surface area contributed by atoms with Crippen molar-refractivity contribution in [1.82, 2.24) is 9.13 Å². The van der Waals surface area contributed by atoms with Crippen molar-refractivity contribution in [2.24, 2.45) is 7.05 Å². The average molecular weight is 315 g/mol. The van der Waals surface area contributed by atoms with Gasteiger partial charge in [0.1, 0.15) is 0 Å². The molecule has 0 unspecified atom stereocenters. The fraction of sp³-hybridized carbons (Fsp3) is 0.176. The molecular weight excluding hydrogens is 300 g/mol. The minimum atomic E-state index is -0.403. The Hall–Kier alpha value is -2.33. The predicted molar refractivity (Wildman–Crippen MR) is 89.3 cm³/mol. The first-order chi connectivity index (χ1) is 10.4. The molecule has 0 bridgehead atoms. The summed E-state index contributed by atoms with van der Waals surface area (Å²) in [4.78, 5) is 25.5. The fourth-order valence-corrected chi connectivity index (χ4v) is 2.97. The van der Waals surface area contributed by atoms with Gasteiger partial charge in [0.15, 0.2) is 0 Å². The molecule has 0 aliphatic carbocycles. The van der Waals surface area contributed by atoms with Crippen molar-refractivity contribution in [2.45, 2.75) is 13.8 Å². The third-order valence-corrected chi connectivity index (χ3v) is 4.36. The minimum Gasteiger partial charge on any atom is -0.294 e. The van der Waals surface area contributed by atoms with Gasteiger partial charge in [-0.15, -0.1) is 0 Å². The molecule has 4 nitrogen and oxygen atoms in total. The van der Waals surface area contributed by atoms with E-state index in [1.54, 1.807) is 31.3 Å². The Morgan fingerprint density at radius 3 is 2.41 bits per heavy atom. The summed E-state index contributed by atoms with van der Waals surface area (Å²) < 4.78 is 2.63. The summed E-state index contributed by atoms with van der Waals surface area (Å²) in [6.45, 7) is 3.85. The first-order valence-electron chi connectivity index (χ1n) is 6.90. The van der Waals surface area contributed by atoms with Crippen molar-refractivity contribution < 1.29 is 0 Å². The van der Waals surface area contributed by atoms with Gasteiger partial charge in [-0.2, -0.15) is 0 Å². The van der Waals surface area contributed by atoms with Crippen LogP contribution >= 0.6 is 11.6 Å². The Labute approximate surface area is 132 Å². The summed E-state index contributed by atoms with van der Waals surface area (Å²) in [6.07, 6.45) is 0. The number of aryl methyl sites for hydroxylation is 2. The van der Waals surface area contributed by atoms with E-state index in [1.165, 1.54) is 9.13 Å². The highest BCUT2D eigenvalue weighted by Gasteiger charge is 2.15. The highest BCUT2D eigenvalue weighted by molar-refractivity contribution is 6.35. The lowest BCUT2D eigenvalue weighted by Crippen LogP contribution is -2.38. The molecule has 0 saturated carbocycles. The number of rotatable bonds is 1. The topological polar surface area (TPSA) is 44.0 Å². The summed E-state index contributed by atoms with van der Waals surface area (Å²) >= 11 is 6.15. The van der Waals surface area contributed by atoms with Crippen LogP contribution in [0.4, 0.5) is 0 Å². The number of fused-ring (bicyclic) bond motifs is 1. The van der Waals surface area contributed by atoms with Gasteiger partial charge in [-0.05, 0) is 43.2 Å². The van der Waals surface area contributed by atoms with Crippen LogP contribution in [0.3, 0.4) is 0 Å². The summed E-state index contributed by atoms with van der Waals surface area (Å²) in [7, 11) is 1.62. The summed E-state index contributed by atoms with van der Waals surface area (Å²) in [5, 5.41) is 0.817. The molecule has 22 heavy (non-hydrogen) atoms. The second kappa shape index (κ2) is 5.14. The number of hydrogen-bond donors (Lipinski definition) is 0. The first-order valence-corrected chi connectivity index (χ1v) is 7.28. The zero-order valence-corrected chi connectivity index (χ0v) is 13.3. The molecule has 0 fully saturated rings. The molecule has 0 aliphatic rings. The van der Waals surface area contributed by atoms with Crippen LogP contribution in [0.5, 0.6) is 0 Å². The van der Waals surface area contributed by atoms with Crippen LogP contribution in [-0.4, -0.2) is 9.13 Å². The molecule has 0 radical (unpaired) electrons. The molecule has 0 spiro atoms. The third kappa shape index (κ3) is 1.99. The Kier molecular flexibility index (Phi) is 3.41.